The number of nitro benzene ring substituents is 1. The lowest BCUT2D eigenvalue weighted by atomic mass is 10.1. The second-order valence-corrected chi connectivity index (χ2v) is 7.31. The molecule has 3 aromatic rings. The fourth-order valence-electron chi connectivity index (χ4n) is 3.62. The Hall–Kier alpha value is -3.92. The third-order valence-corrected chi connectivity index (χ3v) is 5.35. The number of nitrogens with zero attached hydrogens (tertiary/aromatic N) is 2. The first-order valence-electron chi connectivity index (χ1n) is 9.88. The SMILES string of the molecule is Cc1c(O)ccc2c(COC(=O)c3cc(N4CCOCC4)ccc3[N+](=O)[O-])cc(=O)oc12. The summed E-state index contributed by atoms with van der Waals surface area (Å²) in [5.74, 6) is -0.922. The molecule has 2 heterocycles. The van der Waals surface area contributed by atoms with Crippen LogP contribution in [-0.2, 0) is 16.1 Å². The maximum absolute atomic E-state index is 12.8. The van der Waals surface area contributed by atoms with E-state index in [0.29, 0.717) is 48.5 Å². The van der Waals surface area contributed by atoms with Crippen molar-refractivity contribution < 1.29 is 28.7 Å². The highest BCUT2D eigenvalue weighted by Crippen LogP contribution is 2.29. The summed E-state index contributed by atoms with van der Waals surface area (Å²) >= 11 is 0. The molecule has 1 fully saturated rings. The summed E-state index contributed by atoms with van der Waals surface area (Å²) in [5.41, 5.74) is 0.357. The van der Waals surface area contributed by atoms with E-state index in [2.05, 4.69) is 0 Å². The Balaban J connectivity index is 1.64. The molecule has 2 aromatic carbocycles. The molecule has 1 saturated heterocycles. The summed E-state index contributed by atoms with van der Waals surface area (Å²) in [7, 11) is 0. The summed E-state index contributed by atoms with van der Waals surface area (Å²) < 4.78 is 15.8. The van der Waals surface area contributed by atoms with Crippen molar-refractivity contribution in [1.82, 2.24) is 0 Å². The molecule has 1 aromatic heterocycles. The van der Waals surface area contributed by atoms with Crippen molar-refractivity contribution in [3.63, 3.8) is 0 Å². The third-order valence-electron chi connectivity index (χ3n) is 5.35. The second kappa shape index (κ2) is 8.67. The average molecular weight is 440 g/mol. The van der Waals surface area contributed by atoms with Crippen LogP contribution in [0.25, 0.3) is 11.0 Å². The number of nitro groups is 1. The predicted molar refractivity (Wildman–Crippen MR) is 114 cm³/mol. The van der Waals surface area contributed by atoms with Crippen LogP contribution in [0, 0.1) is 17.0 Å². The number of carbonyl (C=O) groups is 1. The Bertz CT molecular complexity index is 1260. The van der Waals surface area contributed by atoms with Gasteiger partial charge in [-0.05, 0) is 31.2 Å². The topological polar surface area (TPSA) is 132 Å². The van der Waals surface area contributed by atoms with Gasteiger partial charge in [-0.15, -0.1) is 0 Å². The fourth-order valence-corrected chi connectivity index (χ4v) is 3.62. The molecule has 0 radical (unpaired) electrons. The van der Waals surface area contributed by atoms with Gasteiger partial charge in [0.15, 0.2) is 0 Å². The molecule has 0 bridgehead atoms. The number of rotatable bonds is 5. The molecule has 4 rings (SSSR count). The number of esters is 1. The molecule has 0 atom stereocenters. The number of benzene rings is 2. The first-order valence-corrected chi connectivity index (χ1v) is 9.88. The van der Waals surface area contributed by atoms with Crippen molar-refractivity contribution in [3.05, 3.63) is 73.6 Å². The lowest BCUT2D eigenvalue weighted by Crippen LogP contribution is -2.36. The molecule has 1 aliphatic rings. The number of hydrogen-bond acceptors (Lipinski definition) is 9. The molecule has 1 N–H and O–H groups in total. The predicted octanol–water partition coefficient (Wildman–Crippen LogP) is 2.91. The van der Waals surface area contributed by atoms with Crippen LogP contribution in [0.4, 0.5) is 11.4 Å². The molecule has 0 aliphatic carbocycles. The van der Waals surface area contributed by atoms with E-state index in [1.54, 1.807) is 19.1 Å². The number of anilines is 1. The van der Waals surface area contributed by atoms with Gasteiger partial charge in [-0.1, -0.05) is 0 Å². The minimum absolute atomic E-state index is 0.0367. The van der Waals surface area contributed by atoms with E-state index in [9.17, 15) is 24.8 Å². The van der Waals surface area contributed by atoms with Crippen LogP contribution < -0.4 is 10.5 Å². The Labute approximate surface area is 181 Å². The number of phenolic OH excluding ortho intramolecular Hbond substituents is 1. The smallest absolute Gasteiger partial charge is 0.345 e. The maximum Gasteiger partial charge on any atom is 0.345 e. The second-order valence-electron chi connectivity index (χ2n) is 7.31. The molecule has 0 amide bonds. The summed E-state index contributed by atoms with van der Waals surface area (Å²) in [5, 5.41) is 21.8. The van der Waals surface area contributed by atoms with Crippen LogP contribution in [0.5, 0.6) is 5.75 Å². The summed E-state index contributed by atoms with van der Waals surface area (Å²) in [4.78, 5) is 37.6. The molecule has 0 spiro atoms. The van der Waals surface area contributed by atoms with Gasteiger partial charge >= 0.3 is 11.6 Å². The Kier molecular flexibility index (Phi) is 5.78. The molecule has 1 aliphatic heterocycles. The number of hydrogen-bond donors (Lipinski definition) is 1. The van der Waals surface area contributed by atoms with Crippen molar-refractivity contribution in [2.24, 2.45) is 0 Å². The zero-order valence-electron chi connectivity index (χ0n) is 17.2. The number of phenols is 1. The quantitative estimate of drug-likeness (QED) is 0.275. The van der Waals surface area contributed by atoms with E-state index in [4.69, 9.17) is 13.9 Å². The standard InChI is InChI=1S/C22H20N2O8/c1-13-19(25)5-3-16-14(10-20(26)32-21(13)16)12-31-22(27)17-11-15(2-4-18(17)24(28)29)23-6-8-30-9-7-23/h2-5,10-11,25H,6-9,12H2,1H3. The van der Waals surface area contributed by atoms with Gasteiger partial charge in [0.05, 0.1) is 18.1 Å². The van der Waals surface area contributed by atoms with E-state index in [1.807, 2.05) is 4.90 Å². The minimum Gasteiger partial charge on any atom is -0.508 e. The number of aryl methyl sites for hydroxylation is 1. The number of ether oxygens (including phenoxy) is 2. The number of aromatic hydroxyl groups is 1. The molecule has 10 heteroatoms. The highest BCUT2D eigenvalue weighted by molar-refractivity contribution is 5.95. The fraction of sp³-hybridized carbons (Fsp3) is 0.273. The first-order chi connectivity index (χ1) is 15.3. The lowest BCUT2D eigenvalue weighted by Gasteiger charge is -2.29. The molecular weight excluding hydrogens is 420 g/mol. The van der Waals surface area contributed by atoms with E-state index >= 15 is 0 Å². The van der Waals surface area contributed by atoms with Gasteiger partial charge in [-0.2, -0.15) is 0 Å². The molecule has 166 valence electrons. The summed E-state index contributed by atoms with van der Waals surface area (Å²) in [6.07, 6.45) is 0. The zero-order valence-corrected chi connectivity index (χ0v) is 17.2. The normalized spacial score (nSPS) is 13.8. The van der Waals surface area contributed by atoms with Gasteiger partial charge in [-0.3, -0.25) is 10.1 Å². The van der Waals surface area contributed by atoms with Gasteiger partial charge in [0.2, 0.25) is 0 Å². The molecule has 0 unspecified atom stereocenters. The number of carbonyl (C=O) groups excluding carboxylic acids is 1. The Morgan fingerprint density at radius 3 is 2.69 bits per heavy atom. The van der Waals surface area contributed by atoms with E-state index < -0.39 is 16.5 Å². The van der Waals surface area contributed by atoms with Crippen molar-refractivity contribution in [2.45, 2.75) is 13.5 Å². The minimum atomic E-state index is -0.885. The number of fused-ring (bicyclic) bond motifs is 1. The van der Waals surface area contributed by atoms with Gasteiger partial charge in [0.25, 0.3) is 5.69 Å². The highest BCUT2D eigenvalue weighted by atomic mass is 16.6. The largest absolute Gasteiger partial charge is 0.508 e. The third kappa shape index (κ3) is 4.12. The average Bonchev–Trinajstić information content (AvgIpc) is 2.80. The van der Waals surface area contributed by atoms with Crippen molar-refractivity contribution in [1.29, 1.82) is 0 Å². The van der Waals surface area contributed by atoms with Gasteiger partial charge < -0.3 is 23.9 Å². The zero-order chi connectivity index (χ0) is 22.8. The van der Waals surface area contributed by atoms with Crippen LogP contribution in [0.3, 0.4) is 0 Å². The van der Waals surface area contributed by atoms with Crippen molar-refractivity contribution in [2.75, 3.05) is 31.2 Å². The Morgan fingerprint density at radius 1 is 1.22 bits per heavy atom. The number of morpholine rings is 1. The van der Waals surface area contributed by atoms with Gasteiger partial charge in [0, 0.05) is 47.4 Å². The van der Waals surface area contributed by atoms with Crippen LogP contribution in [0.2, 0.25) is 0 Å². The molecular formula is C22H20N2O8. The maximum atomic E-state index is 12.8. The van der Waals surface area contributed by atoms with Crippen LogP contribution >= 0.6 is 0 Å². The van der Waals surface area contributed by atoms with Gasteiger partial charge in [0.1, 0.15) is 23.5 Å². The monoisotopic (exact) mass is 440 g/mol. The van der Waals surface area contributed by atoms with Gasteiger partial charge in [-0.25, -0.2) is 9.59 Å². The molecule has 0 saturated carbocycles. The van der Waals surface area contributed by atoms with Crippen LogP contribution in [-0.4, -0.2) is 42.3 Å². The van der Waals surface area contributed by atoms with E-state index in [1.165, 1.54) is 24.3 Å². The lowest BCUT2D eigenvalue weighted by molar-refractivity contribution is -0.385. The van der Waals surface area contributed by atoms with Crippen molar-refractivity contribution in [3.8, 4) is 5.75 Å². The molecule has 10 nitrogen and oxygen atoms in total. The van der Waals surface area contributed by atoms with Crippen LogP contribution in [0.1, 0.15) is 21.5 Å². The molecule has 32 heavy (non-hydrogen) atoms. The highest BCUT2D eigenvalue weighted by Gasteiger charge is 2.24. The van der Waals surface area contributed by atoms with Crippen molar-refractivity contribution >= 4 is 28.3 Å². The Morgan fingerprint density at radius 2 is 1.97 bits per heavy atom. The summed E-state index contributed by atoms with van der Waals surface area (Å²) in [6, 6.07) is 8.48. The first kappa shape index (κ1) is 21.3. The van der Waals surface area contributed by atoms with Crippen LogP contribution in [0.15, 0.2) is 45.6 Å². The van der Waals surface area contributed by atoms with E-state index in [0.717, 1.165) is 0 Å². The summed E-state index contributed by atoms with van der Waals surface area (Å²) in [6.45, 7) is 3.54. The van der Waals surface area contributed by atoms with E-state index in [-0.39, 0.29) is 29.2 Å².